The third-order valence-corrected chi connectivity index (χ3v) is 9.50. The first kappa shape index (κ1) is 29.1. The highest BCUT2D eigenvalue weighted by Gasteiger charge is 2.29. The quantitative estimate of drug-likeness (QED) is 0.173. The number of benzene rings is 1. The Morgan fingerprint density at radius 3 is 2.58 bits per heavy atom. The van der Waals surface area contributed by atoms with Crippen molar-refractivity contribution in [3.8, 4) is 34.9 Å². The van der Waals surface area contributed by atoms with Gasteiger partial charge in [-0.1, -0.05) is 50.3 Å². The zero-order valence-electron chi connectivity index (χ0n) is 23.8. The summed E-state index contributed by atoms with van der Waals surface area (Å²) in [6, 6.07) is 14.9. The number of aryl methyl sites for hydroxylation is 1. The maximum atomic E-state index is 12.0. The van der Waals surface area contributed by atoms with Crippen molar-refractivity contribution < 1.29 is 8.42 Å². The molecule has 0 radical (unpaired) electrons. The van der Waals surface area contributed by atoms with Crippen LogP contribution in [0.25, 0.3) is 34.0 Å². The van der Waals surface area contributed by atoms with E-state index < -0.39 is 9.84 Å². The summed E-state index contributed by atoms with van der Waals surface area (Å²) in [5.74, 6) is 0.769. The highest BCUT2D eigenvalue weighted by atomic mass is 32.2. The Balaban J connectivity index is 1.65. The molecule has 3 aromatic rings. The first-order valence-electron chi connectivity index (χ1n) is 13.6. The van der Waals surface area contributed by atoms with E-state index in [0.717, 1.165) is 64.9 Å². The van der Waals surface area contributed by atoms with Crippen LogP contribution in [0.1, 0.15) is 43.9 Å². The van der Waals surface area contributed by atoms with E-state index >= 15 is 0 Å². The van der Waals surface area contributed by atoms with Gasteiger partial charge in [0.25, 0.3) is 0 Å². The Kier molecular flexibility index (Phi) is 9.11. The van der Waals surface area contributed by atoms with Crippen LogP contribution < -0.4 is 0 Å². The molecule has 1 aliphatic rings. The van der Waals surface area contributed by atoms with Gasteiger partial charge in [0.15, 0.2) is 0 Å². The second-order valence-corrected chi connectivity index (χ2v) is 13.1. The van der Waals surface area contributed by atoms with E-state index in [0.29, 0.717) is 11.8 Å². The molecule has 1 atom stereocenters. The summed E-state index contributed by atoms with van der Waals surface area (Å²) in [6.45, 7) is 6.18. The summed E-state index contributed by atoms with van der Waals surface area (Å²) >= 11 is 0. The van der Waals surface area contributed by atoms with Gasteiger partial charge in [-0.25, -0.2) is 13.4 Å². The Labute approximate surface area is 239 Å². The van der Waals surface area contributed by atoms with Crippen molar-refractivity contribution >= 4 is 21.5 Å². The van der Waals surface area contributed by atoms with Crippen LogP contribution in [-0.2, 0) is 16.9 Å². The number of rotatable bonds is 9. The maximum Gasteiger partial charge on any atom is 0.150 e. The molecular weight excluding hydrogens is 516 g/mol. The standard InChI is InChI=1S/C33H38N4O2S/c1-7-25(22-36(4)8-2)27-10-9-11-28(20-27)32-19-17-31(29-21-34-37(5)23-29)33(35-32)18-12-24(3)26-13-15-30(16-14-26)40(6,38)39/h2,7,9-12,17-24,26,30H,1,13-16H2,3-6H3/b18-12+,25-22+. The number of aromatic nitrogens is 3. The molecule has 0 saturated heterocycles. The van der Waals surface area contributed by atoms with E-state index in [1.165, 1.54) is 6.26 Å². The van der Waals surface area contributed by atoms with Crippen LogP contribution in [0, 0.1) is 24.3 Å². The van der Waals surface area contributed by atoms with Gasteiger partial charge < -0.3 is 4.90 Å². The molecule has 0 N–H and O–H groups in total. The fourth-order valence-electron chi connectivity index (χ4n) is 5.36. The molecule has 0 spiro atoms. The van der Waals surface area contributed by atoms with E-state index in [1.54, 1.807) is 15.7 Å². The highest BCUT2D eigenvalue weighted by molar-refractivity contribution is 7.91. The summed E-state index contributed by atoms with van der Waals surface area (Å²) in [7, 11) is 0.759. The third kappa shape index (κ3) is 7.00. The van der Waals surface area contributed by atoms with E-state index in [2.05, 4.69) is 55.0 Å². The lowest BCUT2D eigenvalue weighted by Crippen LogP contribution is -2.28. The van der Waals surface area contributed by atoms with Crippen molar-refractivity contribution in [2.75, 3.05) is 13.3 Å². The van der Waals surface area contributed by atoms with Crippen molar-refractivity contribution in [1.29, 1.82) is 0 Å². The van der Waals surface area contributed by atoms with Crippen LogP contribution >= 0.6 is 0 Å². The first-order chi connectivity index (χ1) is 19.1. The van der Waals surface area contributed by atoms with Crippen molar-refractivity contribution in [3.63, 3.8) is 0 Å². The minimum absolute atomic E-state index is 0.199. The van der Waals surface area contributed by atoms with Gasteiger partial charge in [0.2, 0.25) is 0 Å². The predicted octanol–water partition coefficient (Wildman–Crippen LogP) is 6.45. The molecule has 1 aromatic carbocycles. The van der Waals surface area contributed by atoms with Gasteiger partial charge in [-0.15, -0.1) is 0 Å². The fraction of sp³-hybridized carbons (Fsp3) is 0.333. The van der Waals surface area contributed by atoms with E-state index in [-0.39, 0.29) is 5.25 Å². The first-order valence-corrected chi connectivity index (χ1v) is 15.6. The average molecular weight is 555 g/mol. The molecular formula is C33H38N4O2S. The van der Waals surface area contributed by atoms with Gasteiger partial charge in [0.05, 0.1) is 22.8 Å². The minimum atomic E-state index is -2.97. The van der Waals surface area contributed by atoms with Crippen LogP contribution in [-0.4, -0.2) is 46.6 Å². The number of hydrogen-bond donors (Lipinski definition) is 0. The highest BCUT2D eigenvalue weighted by Crippen LogP contribution is 2.35. The molecule has 1 unspecified atom stereocenters. The SMILES string of the molecule is C#CN(C)/C=C(\C=C)c1cccc(-c2ccc(-c3cnn(C)c3)c(/C=C/C(C)C3CCC(S(C)(=O)=O)CC3)n2)c1. The fourth-order valence-corrected chi connectivity index (χ4v) is 6.49. The number of allylic oxidation sites excluding steroid dienone is 3. The van der Waals surface area contributed by atoms with Crippen LogP contribution in [0.2, 0.25) is 0 Å². The molecule has 1 saturated carbocycles. The Morgan fingerprint density at radius 1 is 1.20 bits per heavy atom. The van der Waals surface area contributed by atoms with Crippen LogP contribution in [0.15, 0.2) is 73.7 Å². The van der Waals surface area contributed by atoms with Gasteiger partial charge in [-0.05, 0) is 72.9 Å². The van der Waals surface area contributed by atoms with Crippen LogP contribution in [0.4, 0.5) is 0 Å². The summed E-state index contributed by atoms with van der Waals surface area (Å²) < 4.78 is 25.8. The Hall–Kier alpha value is -3.89. The topological polar surface area (TPSA) is 68.1 Å². The van der Waals surface area contributed by atoms with Crippen molar-refractivity contribution in [1.82, 2.24) is 19.7 Å². The molecule has 1 fully saturated rings. The number of sulfone groups is 1. The monoisotopic (exact) mass is 554 g/mol. The second kappa shape index (κ2) is 12.5. The van der Waals surface area contributed by atoms with E-state index in [9.17, 15) is 8.42 Å². The molecule has 6 nitrogen and oxygen atoms in total. The summed E-state index contributed by atoms with van der Waals surface area (Å²) in [6.07, 6.45) is 22.1. The zero-order chi connectivity index (χ0) is 28.9. The summed E-state index contributed by atoms with van der Waals surface area (Å²) in [4.78, 5) is 6.77. The van der Waals surface area contributed by atoms with Gasteiger partial charge in [-0.3, -0.25) is 4.68 Å². The largest absolute Gasteiger partial charge is 0.311 e. The van der Waals surface area contributed by atoms with E-state index in [1.807, 2.05) is 50.9 Å². The number of nitrogens with zero attached hydrogens (tertiary/aromatic N) is 4. The van der Waals surface area contributed by atoms with Crippen molar-refractivity contribution in [2.24, 2.45) is 18.9 Å². The zero-order valence-corrected chi connectivity index (χ0v) is 24.6. The van der Waals surface area contributed by atoms with Crippen LogP contribution in [0.5, 0.6) is 0 Å². The lowest BCUT2D eigenvalue weighted by molar-refractivity contribution is 0.301. The number of hydrogen-bond acceptors (Lipinski definition) is 5. The molecule has 0 aliphatic heterocycles. The molecule has 40 heavy (non-hydrogen) atoms. The molecule has 1 aliphatic carbocycles. The summed E-state index contributed by atoms with van der Waals surface area (Å²) in [5, 5.41) is 4.16. The molecule has 7 heteroatoms. The maximum absolute atomic E-state index is 12.0. The minimum Gasteiger partial charge on any atom is -0.311 e. The Morgan fingerprint density at radius 2 is 1.95 bits per heavy atom. The summed E-state index contributed by atoms with van der Waals surface area (Å²) in [5.41, 5.74) is 6.68. The molecule has 2 aromatic heterocycles. The predicted molar refractivity (Wildman–Crippen MR) is 165 cm³/mol. The van der Waals surface area contributed by atoms with Gasteiger partial charge in [-0.2, -0.15) is 5.10 Å². The van der Waals surface area contributed by atoms with Crippen LogP contribution in [0.3, 0.4) is 0 Å². The molecule has 208 valence electrons. The molecule has 2 heterocycles. The van der Waals surface area contributed by atoms with Gasteiger partial charge in [0.1, 0.15) is 9.84 Å². The third-order valence-electron chi connectivity index (χ3n) is 7.81. The van der Waals surface area contributed by atoms with Crippen molar-refractivity contribution in [3.05, 3.63) is 85.0 Å². The lowest BCUT2D eigenvalue weighted by atomic mass is 9.80. The second-order valence-electron chi connectivity index (χ2n) is 10.7. The van der Waals surface area contributed by atoms with Gasteiger partial charge >= 0.3 is 0 Å². The smallest absolute Gasteiger partial charge is 0.150 e. The van der Waals surface area contributed by atoms with Gasteiger partial charge in [0, 0.05) is 55.5 Å². The number of terminal acetylenes is 1. The lowest BCUT2D eigenvalue weighted by Gasteiger charge is -2.30. The van der Waals surface area contributed by atoms with Crippen molar-refractivity contribution in [2.45, 2.75) is 37.9 Å². The average Bonchev–Trinajstić information content (AvgIpc) is 3.39. The Bertz CT molecular complexity index is 1570. The molecule has 0 amide bonds. The van der Waals surface area contributed by atoms with E-state index in [4.69, 9.17) is 11.4 Å². The molecule has 0 bridgehead atoms. The molecule has 4 rings (SSSR count). The number of pyridine rings is 1. The normalized spacial score (nSPS) is 18.8.